The molecule has 0 spiro atoms. The predicted molar refractivity (Wildman–Crippen MR) is 239 cm³/mol. The quantitative estimate of drug-likeness (QED) is 0.105. The van der Waals surface area contributed by atoms with Gasteiger partial charge in [0.1, 0.15) is 24.2 Å². The Morgan fingerprint density at radius 1 is 0.625 bits per heavy atom. The summed E-state index contributed by atoms with van der Waals surface area (Å²) in [5, 5.41) is 10.2. The molecule has 16 nitrogen and oxygen atoms in total. The minimum absolute atomic E-state index is 0.158. The third kappa shape index (κ3) is 11.1. The molecule has 3 aromatic rings. The maximum Gasteiger partial charge on any atom is 0.246 e. The number of benzene rings is 3. The van der Waals surface area contributed by atoms with Crippen LogP contribution >= 0.6 is 11.6 Å². The van der Waals surface area contributed by atoms with Crippen LogP contribution in [0.2, 0.25) is 5.02 Å². The molecule has 0 saturated carbocycles. The number of carbonyl (C=O) groups excluding carboxylic acids is 8. The van der Waals surface area contributed by atoms with Crippen molar-refractivity contribution < 1.29 is 38.4 Å². The number of nitrogens with two attached hydrogens (primary N) is 1. The van der Waals surface area contributed by atoms with Crippen LogP contribution in [0, 0.1) is 0 Å². The summed E-state index contributed by atoms with van der Waals surface area (Å²) in [6.07, 6.45) is 3.04. The highest BCUT2D eigenvalue weighted by atomic mass is 35.5. The molecule has 6 N–H and O–H groups in total. The molecule has 3 aromatic carbocycles. The zero-order valence-electron chi connectivity index (χ0n) is 36.4. The predicted octanol–water partition coefficient (Wildman–Crippen LogP) is 2.26. The Morgan fingerprint density at radius 3 is 1.70 bits per heavy atom. The molecular formula is C47H57ClN8O8. The first-order valence-corrected chi connectivity index (χ1v) is 22.3. The Kier molecular flexibility index (Phi) is 15.9. The SMILES string of the molecule is C[C@H](N)C(=O)NCC(=O)NCC(=O)N[C@@H](C)C(=O)N[C@@H](C)C(=O)N1CCC[C@H]1C(=O)N1CCC[C@H]1C(=O)N1CCC[C@H]1C(=O)c1ccc(C(c2ccccc2)c2ccccc2)c(Cl)c1. The maximum absolute atomic E-state index is 14.3. The zero-order valence-corrected chi connectivity index (χ0v) is 37.1. The first-order valence-electron chi connectivity index (χ1n) is 21.9. The summed E-state index contributed by atoms with van der Waals surface area (Å²) in [5.74, 6) is -3.99. The third-order valence-corrected chi connectivity index (χ3v) is 12.5. The van der Waals surface area contributed by atoms with Gasteiger partial charge in [0.05, 0.1) is 25.2 Å². The van der Waals surface area contributed by atoms with Gasteiger partial charge in [-0.15, -0.1) is 0 Å². The van der Waals surface area contributed by atoms with Gasteiger partial charge in [0, 0.05) is 36.1 Å². The fourth-order valence-electron chi connectivity index (χ4n) is 8.79. The summed E-state index contributed by atoms with van der Waals surface area (Å²) in [5.41, 5.74) is 8.82. The van der Waals surface area contributed by atoms with E-state index < -0.39 is 72.3 Å². The fraction of sp³-hybridized carbons (Fsp3) is 0.447. The molecule has 0 radical (unpaired) electrons. The van der Waals surface area contributed by atoms with Crippen LogP contribution in [0.1, 0.15) is 92.3 Å². The highest BCUT2D eigenvalue weighted by molar-refractivity contribution is 6.32. The highest BCUT2D eigenvalue weighted by Crippen LogP contribution is 2.37. The Balaban J connectivity index is 1.05. The summed E-state index contributed by atoms with van der Waals surface area (Å²) >= 11 is 6.98. The van der Waals surface area contributed by atoms with E-state index in [-0.39, 0.29) is 36.6 Å². The van der Waals surface area contributed by atoms with Crippen molar-refractivity contribution >= 4 is 58.7 Å². The number of ketones is 1. The van der Waals surface area contributed by atoms with E-state index >= 15 is 0 Å². The maximum atomic E-state index is 14.3. The minimum Gasteiger partial charge on any atom is -0.346 e. The normalized spacial score (nSPS) is 19.7. The van der Waals surface area contributed by atoms with Crippen molar-refractivity contribution in [2.75, 3.05) is 32.7 Å². The van der Waals surface area contributed by atoms with Gasteiger partial charge in [0.25, 0.3) is 0 Å². The number of halogens is 1. The fourth-order valence-corrected chi connectivity index (χ4v) is 9.08. The summed E-state index contributed by atoms with van der Waals surface area (Å²) in [4.78, 5) is 110. The van der Waals surface area contributed by atoms with Crippen molar-refractivity contribution in [1.82, 2.24) is 36.0 Å². The van der Waals surface area contributed by atoms with E-state index in [0.717, 1.165) is 16.7 Å². The molecule has 3 saturated heterocycles. The number of amides is 7. The van der Waals surface area contributed by atoms with Gasteiger partial charge < -0.3 is 41.7 Å². The largest absolute Gasteiger partial charge is 0.346 e. The average Bonchev–Trinajstić information content (AvgIpc) is 4.10. The first-order chi connectivity index (χ1) is 30.7. The van der Waals surface area contributed by atoms with Gasteiger partial charge in [0.15, 0.2) is 5.78 Å². The summed E-state index contributed by atoms with van der Waals surface area (Å²) < 4.78 is 0. The van der Waals surface area contributed by atoms with Crippen molar-refractivity contribution in [1.29, 1.82) is 0 Å². The van der Waals surface area contributed by atoms with Crippen LogP contribution in [0.15, 0.2) is 78.9 Å². The molecule has 17 heteroatoms. The van der Waals surface area contributed by atoms with E-state index in [1.807, 2.05) is 66.7 Å². The van der Waals surface area contributed by atoms with Gasteiger partial charge in [-0.25, -0.2) is 0 Å². The van der Waals surface area contributed by atoms with E-state index in [1.54, 1.807) is 21.9 Å². The number of carbonyl (C=O) groups is 8. The number of likely N-dealkylation sites (tertiary alicyclic amines) is 3. The molecule has 3 fully saturated rings. The number of nitrogens with zero attached hydrogens (tertiary/aromatic N) is 3. The molecule has 0 aliphatic carbocycles. The smallest absolute Gasteiger partial charge is 0.246 e. The lowest BCUT2D eigenvalue weighted by Gasteiger charge is -2.34. The van der Waals surface area contributed by atoms with Gasteiger partial charge in [-0.3, -0.25) is 38.4 Å². The zero-order chi connectivity index (χ0) is 46.1. The van der Waals surface area contributed by atoms with Crippen LogP contribution in [0.3, 0.4) is 0 Å². The number of nitrogens with one attached hydrogen (secondary N) is 4. The molecule has 0 aromatic heterocycles. The molecule has 6 rings (SSSR count). The molecule has 6 atom stereocenters. The standard InChI is InChI=1S/C47H57ClN8O8/c1-28(49)43(60)51-26-39(57)50-27-40(58)52-29(2)44(61)53-30(3)45(62)55-23-11-18-37(55)47(64)56-24-12-19-38(56)46(63)54-22-10-17-36(54)42(59)33-20-21-34(35(48)25-33)41(31-13-6-4-7-14-31)32-15-8-5-9-16-32/h4-9,13-16,20-21,25,28-30,36-38,41H,10-12,17-19,22-24,26-27,49H2,1-3H3,(H,50,57)(H,51,60)(H,52,58)(H,53,61)/t28-,29-,30-,36-,37-,38-/m0/s1. The van der Waals surface area contributed by atoms with E-state index in [2.05, 4.69) is 21.3 Å². The number of Topliss-reactive ketones (excluding diaryl/α,β-unsaturated/α-hetero) is 1. The van der Waals surface area contributed by atoms with Gasteiger partial charge in [0.2, 0.25) is 41.4 Å². The molecule has 340 valence electrons. The van der Waals surface area contributed by atoms with Crippen molar-refractivity contribution in [3.8, 4) is 0 Å². The van der Waals surface area contributed by atoms with Crippen molar-refractivity contribution in [2.45, 2.75) is 101 Å². The minimum atomic E-state index is -1.07. The Labute approximate surface area is 378 Å². The molecule has 0 bridgehead atoms. The molecule has 3 heterocycles. The lowest BCUT2D eigenvalue weighted by molar-refractivity contribution is -0.149. The molecule has 7 amide bonds. The van der Waals surface area contributed by atoms with Crippen LogP contribution in [0.4, 0.5) is 0 Å². The molecular weight excluding hydrogens is 840 g/mol. The topological polar surface area (TPSA) is 220 Å². The lowest BCUT2D eigenvalue weighted by Crippen LogP contribution is -2.57. The summed E-state index contributed by atoms with van der Waals surface area (Å²) in [7, 11) is 0. The van der Waals surface area contributed by atoms with Crippen LogP contribution in [0.5, 0.6) is 0 Å². The van der Waals surface area contributed by atoms with Gasteiger partial charge in [-0.05, 0) is 82.1 Å². The number of hydrogen-bond acceptors (Lipinski definition) is 9. The van der Waals surface area contributed by atoms with E-state index in [0.29, 0.717) is 62.2 Å². The first kappa shape index (κ1) is 47.4. The third-order valence-electron chi connectivity index (χ3n) is 12.1. The van der Waals surface area contributed by atoms with Crippen LogP contribution in [0.25, 0.3) is 0 Å². The molecule has 0 unspecified atom stereocenters. The lowest BCUT2D eigenvalue weighted by atomic mass is 9.84. The van der Waals surface area contributed by atoms with Gasteiger partial charge in [-0.1, -0.05) is 84.4 Å². The Bertz CT molecular complexity index is 2190. The second-order valence-electron chi connectivity index (χ2n) is 16.7. The van der Waals surface area contributed by atoms with Gasteiger partial charge in [-0.2, -0.15) is 0 Å². The second kappa shape index (κ2) is 21.5. The Morgan fingerprint density at radius 2 is 1.14 bits per heavy atom. The van der Waals surface area contributed by atoms with Crippen molar-refractivity contribution in [3.63, 3.8) is 0 Å². The van der Waals surface area contributed by atoms with Crippen LogP contribution in [-0.2, 0) is 33.6 Å². The van der Waals surface area contributed by atoms with E-state index in [4.69, 9.17) is 17.3 Å². The van der Waals surface area contributed by atoms with Crippen molar-refractivity contribution in [3.05, 3.63) is 106 Å². The number of rotatable bonds is 16. The second-order valence-corrected chi connectivity index (χ2v) is 17.1. The van der Waals surface area contributed by atoms with E-state index in [9.17, 15) is 38.4 Å². The molecule has 3 aliphatic heterocycles. The van der Waals surface area contributed by atoms with Crippen molar-refractivity contribution in [2.24, 2.45) is 5.73 Å². The summed E-state index contributed by atoms with van der Waals surface area (Å²) in [6, 6.07) is 20.1. The van der Waals surface area contributed by atoms with Crippen LogP contribution in [-0.4, -0.2) is 131 Å². The van der Waals surface area contributed by atoms with Crippen LogP contribution < -0.4 is 27.0 Å². The van der Waals surface area contributed by atoms with E-state index in [1.165, 1.54) is 25.7 Å². The van der Waals surface area contributed by atoms with Gasteiger partial charge >= 0.3 is 0 Å². The summed E-state index contributed by atoms with van der Waals surface area (Å²) in [6.45, 7) is 4.50. The number of hydrogen-bond donors (Lipinski definition) is 5. The highest BCUT2D eigenvalue weighted by Gasteiger charge is 2.46. The monoisotopic (exact) mass is 896 g/mol. The average molecular weight is 897 g/mol. The molecule has 64 heavy (non-hydrogen) atoms. The Hall–Kier alpha value is -6.13. The molecule has 3 aliphatic rings.